The third-order valence-corrected chi connectivity index (χ3v) is 5.83. The number of nitrogens with zero attached hydrogens (tertiary/aromatic N) is 5. The van der Waals surface area contributed by atoms with E-state index in [0.717, 1.165) is 22.9 Å². The van der Waals surface area contributed by atoms with E-state index < -0.39 is 10.0 Å². The maximum Gasteiger partial charge on any atom is 0.243 e. The van der Waals surface area contributed by atoms with Crippen LogP contribution in [0.15, 0.2) is 41.4 Å². The Morgan fingerprint density at radius 2 is 2.00 bits per heavy atom. The van der Waals surface area contributed by atoms with Crippen molar-refractivity contribution in [1.82, 2.24) is 28.0 Å². The van der Waals surface area contributed by atoms with Gasteiger partial charge in [0.15, 0.2) is 5.65 Å². The van der Waals surface area contributed by atoms with Gasteiger partial charge in [-0.25, -0.2) is 23.1 Å². The van der Waals surface area contributed by atoms with Gasteiger partial charge >= 0.3 is 0 Å². The summed E-state index contributed by atoms with van der Waals surface area (Å²) in [5.41, 5.74) is 2.43. The van der Waals surface area contributed by atoms with Crippen LogP contribution in [-0.2, 0) is 23.1 Å². The van der Waals surface area contributed by atoms with Crippen LogP contribution in [-0.4, -0.2) is 31.7 Å². The standard InChI is InChI=1S/C15H14N6O2S2/c1-2-21-13(18-11-6-4-8-16-15(11)21)9-17-25(22,23)12-7-3-5-10-14(12)20-24-19-10/h3-8,17H,2,9H2,1H3. The molecular weight excluding hydrogens is 360 g/mol. The number of aromatic nitrogens is 5. The number of nitrogens with one attached hydrogen (secondary N) is 1. The van der Waals surface area contributed by atoms with Crippen molar-refractivity contribution in [2.45, 2.75) is 24.9 Å². The van der Waals surface area contributed by atoms with Crippen LogP contribution < -0.4 is 4.72 Å². The molecule has 10 heteroatoms. The molecule has 3 aromatic heterocycles. The van der Waals surface area contributed by atoms with Gasteiger partial charge in [0.25, 0.3) is 0 Å². The van der Waals surface area contributed by atoms with Crippen molar-refractivity contribution in [3.8, 4) is 0 Å². The third kappa shape index (κ3) is 2.77. The Morgan fingerprint density at radius 1 is 1.16 bits per heavy atom. The van der Waals surface area contributed by atoms with E-state index in [1.807, 2.05) is 17.6 Å². The molecule has 4 aromatic rings. The molecule has 0 aliphatic heterocycles. The van der Waals surface area contributed by atoms with E-state index in [1.165, 1.54) is 6.07 Å². The van der Waals surface area contributed by atoms with Crippen LogP contribution >= 0.6 is 11.7 Å². The highest BCUT2D eigenvalue weighted by Crippen LogP contribution is 2.21. The Balaban J connectivity index is 1.68. The predicted molar refractivity (Wildman–Crippen MR) is 94.6 cm³/mol. The van der Waals surface area contributed by atoms with Crippen LogP contribution in [0, 0.1) is 0 Å². The molecule has 0 bridgehead atoms. The second-order valence-corrected chi connectivity index (χ2v) is 7.59. The number of hydrogen-bond donors (Lipinski definition) is 1. The molecule has 25 heavy (non-hydrogen) atoms. The number of rotatable bonds is 5. The van der Waals surface area contributed by atoms with Crippen LogP contribution in [0.1, 0.15) is 12.7 Å². The fraction of sp³-hybridized carbons (Fsp3) is 0.200. The minimum absolute atomic E-state index is 0.0699. The summed E-state index contributed by atoms with van der Waals surface area (Å²) in [7, 11) is -3.74. The minimum Gasteiger partial charge on any atom is -0.312 e. The molecule has 0 amide bonds. The summed E-state index contributed by atoms with van der Waals surface area (Å²) in [6.45, 7) is 2.69. The van der Waals surface area contributed by atoms with Gasteiger partial charge in [-0.3, -0.25) is 0 Å². The van der Waals surface area contributed by atoms with Gasteiger partial charge in [-0.05, 0) is 31.2 Å². The van der Waals surface area contributed by atoms with Crippen molar-refractivity contribution < 1.29 is 8.42 Å². The van der Waals surface area contributed by atoms with Gasteiger partial charge in [-0.15, -0.1) is 0 Å². The fourth-order valence-corrected chi connectivity index (χ4v) is 4.45. The first kappa shape index (κ1) is 16.1. The molecule has 0 saturated heterocycles. The maximum absolute atomic E-state index is 12.7. The number of pyridine rings is 1. The molecular formula is C15H14N6O2S2. The van der Waals surface area contributed by atoms with E-state index in [0.29, 0.717) is 23.4 Å². The van der Waals surface area contributed by atoms with Crippen LogP contribution in [0.2, 0.25) is 0 Å². The smallest absolute Gasteiger partial charge is 0.243 e. The second-order valence-electron chi connectivity index (χ2n) is 5.33. The summed E-state index contributed by atoms with van der Waals surface area (Å²) in [5.74, 6) is 0.614. The minimum atomic E-state index is -3.74. The molecule has 1 N–H and O–H groups in total. The molecule has 1 aromatic carbocycles. The van der Waals surface area contributed by atoms with E-state index in [2.05, 4.69) is 23.4 Å². The van der Waals surface area contributed by atoms with Crippen molar-refractivity contribution in [2.75, 3.05) is 0 Å². The first-order valence-corrected chi connectivity index (χ1v) is 9.82. The average Bonchev–Trinajstić information content (AvgIpc) is 3.23. The van der Waals surface area contributed by atoms with Gasteiger partial charge in [0.2, 0.25) is 10.0 Å². The van der Waals surface area contributed by atoms with Gasteiger partial charge < -0.3 is 4.57 Å². The van der Waals surface area contributed by atoms with Gasteiger partial charge in [0.05, 0.1) is 18.3 Å². The number of sulfonamides is 1. The van der Waals surface area contributed by atoms with Gasteiger partial charge in [-0.2, -0.15) is 8.75 Å². The number of fused-ring (bicyclic) bond motifs is 2. The molecule has 3 heterocycles. The SMILES string of the molecule is CCn1c(CNS(=O)(=O)c2cccc3nsnc23)nc2cccnc21. The lowest BCUT2D eigenvalue weighted by Crippen LogP contribution is -2.25. The highest BCUT2D eigenvalue weighted by Gasteiger charge is 2.20. The maximum atomic E-state index is 12.7. The highest BCUT2D eigenvalue weighted by atomic mass is 32.2. The summed E-state index contributed by atoms with van der Waals surface area (Å²) in [6, 6.07) is 8.58. The largest absolute Gasteiger partial charge is 0.312 e. The van der Waals surface area contributed by atoms with Crippen molar-refractivity contribution in [1.29, 1.82) is 0 Å². The Labute approximate surface area is 147 Å². The number of aryl methyl sites for hydroxylation is 1. The summed E-state index contributed by atoms with van der Waals surface area (Å²) in [5, 5.41) is 0. The van der Waals surface area contributed by atoms with Crippen LogP contribution in [0.3, 0.4) is 0 Å². The Bertz CT molecular complexity index is 1170. The Morgan fingerprint density at radius 3 is 2.84 bits per heavy atom. The van der Waals surface area contributed by atoms with Gasteiger partial charge in [-0.1, -0.05) is 6.07 Å². The van der Waals surface area contributed by atoms with E-state index in [-0.39, 0.29) is 11.4 Å². The van der Waals surface area contributed by atoms with E-state index in [9.17, 15) is 8.42 Å². The Kier molecular flexibility index (Phi) is 3.94. The van der Waals surface area contributed by atoms with E-state index in [4.69, 9.17) is 0 Å². The number of hydrogen-bond acceptors (Lipinski definition) is 7. The van der Waals surface area contributed by atoms with Crippen molar-refractivity contribution in [3.63, 3.8) is 0 Å². The first-order valence-electron chi connectivity index (χ1n) is 7.61. The van der Waals surface area contributed by atoms with Crippen molar-refractivity contribution in [2.24, 2.45) is 0 Å². The number of benzene rings is 1. The first-order chi connectivity index (χ1) is 12.1. The summed E-state index contributed by atoms with van der Waals surface area (Å²) < 4.78 is 38.1. The summed E-state index contributed by atoms with van der Waals surface area (Å²) in [4.78, 5) is 8.92. The summed E-state index contributed by atoms with van der Waals surface area (Å²) >= 11 is 0.990. The summed E-state index contributed by atoms with van der Waals surface area (Å²) in [6.07, 6.45) is 1.69. The number of imidazole rings is 1. The highest BCUT2D eigenvalue weighted by molar-refractivity contribution is 7.89. The lowest BCUT2D eigenvalue weighted by Gasteiger charge is -2.08. The normalized spacial score (nSPS) is 12.2. The zero-order chi connectivity index (χ0) is 17.4. The van der Waals surface area contributed by atoms with Crippen LogP contribution in [0.4, 0.5) is 0 Å². The Hall–Kier alpha value is -2.43. The molecule has 8 nitrogen and oxygen atoms in total. The molecule has 0 atom stereocenters. The van der Waals surface area contributed by atoms with Crippen LogP contribution in [0.5, 0.6) is 0 Å². The molecule has 0 radical (unpaired) electrons. The molecule has 0 spiro atoms. The predicted octanol–water partition coefficient (Wildman–Crippen LogP) is 1.93. The van der Waals surface area contributed by atoms with Crippen LogP contribution in [0.25, 0.3) is 22.2 Å². The quantitative estimate of drug-likeness (QED) is 0.573. The fourth-order valence-electron chi connectivity index (χ4n) is 2.71. The van der Waals surface area contributed by atoms with Gasteiger partial charge in [0.1, 0.15) is 27.3 Å². The van der Waals surface area contributed by atoms with E-state index in [1.54, 1.807) is 24.4 Å². The molecule has 0 aliphatic carbocycles. The van der Waals surface area contributed by atoms with Crippen molar-refractivity contribution in [3.05, 3.63) is 42.4 Å². The lowest BCUT2D eigenvalue weighted by atomic mass is 10.3. The molecule has 0 fully saturated rings. The van der Waals surface area contributed by atoms with Gasteiger partial charge in [0, 0.05) is 12.7 Å². The molecule has 0 unspecified atom stereocenters. The second kappa shape index (κ2) is 6.14. The zero-order valence-electron chi connectivity index (χ0n) is 13.2. The monoisotopic (exact) mass is 374 g/mol. The average molecular weight is 374 g/mol. The molecule has 0 saturated carbocycles. The molecule has 4 rings (SSSR count). The molecule has 128 valence electrons. The molecule has 0 aliphatic rings. The lowest BCUT2D eigenvalue weighted by molar-refractivity contribution is 0.576. The van der Waals surface area contributed by atoms with Crippen molar-refractivity contribution >= 4 is 43.9 Å². The third-order valence-electron chi connectivity index (χ3n) is 3.86. The topological polar surface area (TPSA) is 103 Å². The van der Waals surface area contributed by atoms with E-state index >= 15 is 0 Å². The zero-order valence-corrected chi connectivity index (χ0v) is 14.9.